The van der Waals surface area contributed by atoms with Crippen molar-refractivity contribution in [3.63, 3.8) is 0 Å². The molecule has 0 saturated carbocycles. The number of unbranched alkanes of at least 4 members (excludes halogenated alkanes) is 1. The van der Waals surface area contributed by atoms with Gasteiger partial charge in [0.25, 0.3) is 0 Å². The summed E-state index contributed by atoms with van der Waals surface area (Å²) in [6, 6.07) is 28.9. The lowest BCUT2D eigenvalue weighted by Gasteiger charge is -2.20. The standard InChI is InChI=1S/C33H36N2O2S3/c1-5-6-20-37-28-18-12-24(13-19-28)22-40-31(27-16-14-26(15-17-27)25-10-8-7-9-11-25)32(36)35-30-29(38-3)21-23(2)34-33(30)39-4/h7-19,21,31H,5-6,20,22H2,1-4H3,(H,35,36). The molecule has 0 aliphatic carbocycles. The number of anilines is 1. The van der Waals surface area contributed by atoms with Crippen LogP contribution in [-0.2, 0) is 10.5 Å². The van der Waals surface area contributed by atoms with E-state index < -0.39 is 5.25 Å². The Hall–Kier alpha value is -2.87. The number of benzene rings is 3. The minimum atomic E-state index is -0.393. The van der Waals surface area contributed by atoms with Gasteiger partial charge in [0.1, 0.15) is 16.0 Å². The van der Waals surface area contributed by atoms with Crippen LogP contribution in [0.5, 0.6) is 5.75 Å². The molecule has 0 bridgehead atoms. The second kappa shape index (κ2) is 15.2. The molecule has 4 aromatic rings. The molecule has 0 fully saturated rings. The maximum atomic E-state index is 13.9. The minimum Gasteiger partial charge on any atom is -0.494 e. The highest BCUT2D eigenvalue weighted by Gasteiger charge is 2.24. The number of carbonyl (C=O) groups excluding carboxylic acids is 1. The molecule has 0 saturated heterocycles. The molecule has 1 aromatic heterocycles. The van der Waals surface area contributed by atoms with E-state index in [9.17, 15) is 4.79 Å². The Morgan fingerprint density at radius 2 is 1.62 bits per heavy atom. The van der Waals surface area contributed by atoms with Crippen molar-refractivity contribution in [3.8, 4) is 16.9 Å². The SMILES string of the molecule is CCCCOc1ccc(CSC(C(=O)Nc2c(SC)cc(C)nc2SC)c2ccc(-c3ccccc3)cc2)cc1. The van der Waals surface area contributed by atoms with Gasteiger partial charge >= 0.3 is 0 Å². The van der Waals surface area contributed by atoms with E-state index >= 15 is 0 Å². The zero-order valence-corrected chi connectivity index (χ0v) is 25.9. The van der Waals surface area contributed by atoms with Crippen molar-refractivity contribution in [2.45, 2.75) is 47.6 Å². The number of nitrogens with zero attached hydrogens (tertiary/aromatic N) is 1. The van der Waals surface area contributed by atoms with Gasteiger partial charge in [-0.25, -0.2) is 4.98 Å². The molecule has 4 nitrogen and oxygen atoms in total. The first-order valence-electron chi connectivity index (χ1n) is 13.4. The molecule has 1 unspecified atom stereocenters. The van der Waals surface area contributed by atoms with Crippen molar-refractivity contribution in [2.75, 3.05) is 24.4 Å². The molecule has 0 aliphatic rings. The van der Waals surface area contributed by atoms with Crippen LogP contribution in [0.4, 0.5) is 5.69 Å². The molecule has 0 aliphatic heterocycles. The quantitative estimate of drug-likeness (QED) is 0.124. The zero-order valence-electron chi connectivity index (χ0n) is 23.5. The second-order valence-corrected chi connectivity index (χ2v) is 12.1. The van der Waals surface area contributed by atoms with Gasteiger partial charge in [-0.15, -0.1) is 35.3 Å². The normalized spacial score (nSPS) is 11.7. The van der Waals surface area contributed by atoms with Gasteiger partial charge in [-0.05, 0) is 66.3 Å². The van der Waals surface area contributed by atoms with Gasteiger partial charge < -0.3 is 10.1 Å². The second-order valence-electron chi connectivity index (χ2n) is 9.36. The molecule has 4 rings (SSSR count). The lowest BCUT2D eigenvalue weighted by atomic mass is 10.0. The maximum absolute atomic E-state index is 13.9. The highest BCUT2D eigenvalue weighted by Crippen LogP contribution is 2.38. The molecule has 208 valence electrons. The van der Waals surface area contributed by atoms with Gasteiger partial charge in [-0.3, -0.25) is 4.79 Å². The van der Waals surface area contributed by atoms with Crippen molar-refractivity contribution in [2.24, 2.45) is 0 Å². The van der Waals surface area contributed by atoms with E-state index in [0.29, 0.717) is 5.75 Å². The number of pyridine rings is 1. The largest absolute Gasteiger partial charge is 0.494 e. The molecular weight excluding hydrogens is 553 g/mol. The number of nitrogens with one attached hydrogen (secondary N) is 1. The molecule has 40 heavy (non-hydrogen) atoms. The van der Waals surface area contributed by atoms with Gasteiger partial charge in [0.15, 0.2) is 0 Å². The van der Waals surface area contributed by atoms with Crippen LogP contribution < -0.4 is 10.1 Å². The van der Waals surface area contributed by atoms with Crippen LogP contribution in [0, 0.1) is 6.92 Å². The minimum absolute atomic E-state index is 0.0479. The zero-order chi connectivity index (χ0) is 28.3. The van der Waals surface area contributed by atoms with Crippen LogP contribution in [0.3, 0.4) is 0 Å². The monoisotopic (exact) mass is 588 g/mol. The first-order chi connectivity index (χ1) is 19.5. The topological polar surface area (TPSA) is 51.2 Å². The summed E-state index contributed by atoms with van der Waals surface area (Å²) in [7, 11) is 0. The van der Waals surface area contributed by atoms with Crippen molar-refractivity contribution >= 4 is 46.9 Å². The van der Waals surface area contributed by atoms with E-state index in [0.717, 1.165) is 68.8 Å². The maximum Gasteiger partial charge on any atom is 0.242 e. The number of aromatic nitrogens is 1. The Labute approximate surface area is 251 Å². The Morgan fingerprint density at radius 1 is 0.925 bits per heavy atom. The summed E-state index contributed by atoms with van der Waals surface area (Å²) in [5, 5.41) is 3.68. The van der Waals surface area contributed by atoms with Crippen LogP contribution in [0.1, 0.15) is 41.8 Å². The number of hydrogen-bond donors (Lipinski definition) is 1. The number of amides is 1. The lowest BCUT2D eigenvalue weighted by molar-refractivity contribution is -0.115. The Morgan fingerprint density at radius 3 is 2.27 bits per heavy atom. The average Bonchev–Trinajstić information content (AvgIpc) is 2.99. The predicted octanol–water partition coefficient (Wildman–Crippen LogP) is 9.29. The first-order valence-corrected chi connectivity index (χ1v) is 16.9. The first kappa shape index (κ1) is 30.1. The summed E-state index contributed by atoms with van der Waals surface area (Å²) in [6.45, 7) is 4.87. The molecule has 1 amide bonds. The van der Waals surface area contributed by atoms with Crippen LogP contribution >= 0.6 is 35.3 Å². The summed E-state index contributed by atoms with van der Waals surface area (Å²) < 4.78 is 5.82. The van der Waals surface area contributed by atoms with Crippen LogP contribution in [0.15, 0.2) is 94.9 Å². The molecule has 1 heterocycles. The number of carbonyl (C=O) groups is 1. The van der Waals surface area contributed by atoms with E-state index in [1.165, 1.54) is 0 Å². The number of rotatable bonds is 13. The number of aryl methyl sites for hydroxylation is 1. The molecular formula is C33H36N2O2S3. The molecule has 1 N–H and O–H groups in total. The van der Waals surface area contributed by atoms with Gasteiger partial charge in [0, 0.05) is 16.3 Å². The van der Waals surface area contributed by atoms with Gasteiger partial charge in [-0.1, -0.05) is 80.1 Å². The van der Waals surface area contributed by atoms with Crippen LogP contribution in [-0.4, -0.2) is 30.0 Å². The molecule has 3 aromatic carbocycles. The van der Waals surface area contributed by atoms with E-state index in [-0.39, 0.29) is 5.91 Å². The fourth-order valence-corrected chi connectivity index (χ4v) is 6.64. The Kier molecular flexibility index (Phi) is 11.5. The van der Waals surface area contributed by atoms with Crippen LogP contribution in [0.25, 0.3) is 11.1 Å². The Balaban J connectivity index is 1.57. The van der Waals surface area contributed by atoms with Crippen molar-refractivity contribution in [1.82, 2.24) is 4.98 Å². The van der Waals surface area contributed by atoms with Crippen molar-refractivity contribution in [1.29, 1.82) is 0 Å². The third-order valence-corrected chi connectivity index (χ3v) is 9.17. The third kappa shape index (κ3) is 8.09. The highest BCUT2D eigenvalue weighted by molar-refractivity contribution is 8.00. The number of ether oxygens (including phenoxy) is 1. The molecule has 1 atom stereocenters. The van der Waals surface area contributed by atoms with E-state index in [4.69, 9.17) is 4.74 Å². The van der Waals surface area contributed by atoms with Crippen LogP contribution in [0.2, 0.25) is 0 Å². The summed E-state index contributed by atoms with van der Waals surface area (Å²) in [5.41, 5.74) is 6.14. The number of hydrogen-bond acceptors (Lipinski definition) is 6. The average molecular weight is 589 g/mol. The predicted molar refractivity (Wildman–Crippen MR) is 174 cm³/mol. The molecule has 0 spiro atoms. The van der Waals surface area contributed by atoms with Crippen molar-refractivity contribution < 1.29 is 9.53 Å². The van der Waals surface area contributed by atoms with Gasteiger partial charge in [0.2, 0.25) is 5.91 Å². The summed E-state index contributed by atoms with van der Waals surface area (Å²) in [6.07, 6.45) is 6.18. The third-order valence-electron chi connectivity index (χ3n) is 6.40. The lowest BCUT2D eigenvalue weighted by Crippen LogP contribution is -2.20. The molecule has 7 heteroatoms. The van der Waals surface area contributed by atoms with Crippen molar-refractivity contribution in [3.05, 3.63) is 102 Å². The smallest absolute Gasteiger partial charge is 0.242 e. The fourth-order valence-electron chi connectivity index (χ4n) is 4.23. The Bertz CT molecular complexity index is 1350. The summed E-state index contributed by atoms with van der Waals surface area (Å²) >= 11 is 4.80. The van der Waals surface area contributed by atoms with E-state index in [2.05, 4.69) is 65.8 Å². The van der Waals surface area contributed by atoms with E-state index in [1.54, 1.807) is 35.3 Å². The van der Waals surface area contributed by atoms with Gasteiger partial charge in [0.05, 0.1) is 12.3 Å². The summed E-state index contributed by atoms with van der Waals surface area (Å²) in [4.78, 5) is 19.6. The van der Waals surface area contributed by atoms with Gasteiger partial charge in [-0.2, -0.15) is 0 Å². The highest BCUT2D eigenvalue weighted by atomic mass is 32.2. The summed E-state index contributed by atoms with van der Waals surface area (Å²) in [5.74, 6) is 1.53. The number of thioether (sulfide) groups is 3. The van der Waals surface area contributed by atoms with E-state index in [1.807, 2.05) is 55.8 Å². The molecule has 0 radical (unpaired) electrons. The fraction of sp³-hybridized carbons (Fsp3) is 0.273.